The van der Waals surface area contributed by atoms with E-state index in [2.05, 4.69) is 118 Å². The Morgan fingerprint density at radius 3 is 2.33 bits per heavy atom. The zero-order valence-electron chi connectivity index (χ0n) is 49.7. The predicted octanol–water partition coefficient (Wildman–Crippen LogP) is 14.9. The van der Waals surface area contributed by atoms with Gasteiger partial charge in [0.05, 0.1) is 24.7 Å². The minimum atomic E-state index is -0.749. The Bertz CT molecular complexity index is 3310. The first kappa shape index (κ1) is 55.9. The molecule has 0 unspecified atom stereocenters. The Morgan fingerprint density at radius 1 is 0.817 bits per heavy atom. The van der Waals surface area contributed by atoms with Crippen LogP contribution in [0.5, 0.6) is 5.75 Å². The summed E-state index contributed by atoms with van der Waals surface area (Å²) in [6, 6.07) is 34.9. The number of phenols is 1. The van der Waals surface area contributed by atoms with Crippen molar-refractivity contribution >= 4 is 17.6 Å². The van der Waals surface area contributed by atoms with Gasteiger partial charge >= 0.3 is 5.97 Å². The summed E-state index contributed by atoms with van der Waals surface area (Å²) in [6.45, 7) is 12.7. The molecule has 0 saturated heterocycles. The summed E-state index contributed by atoms with van der Waals surface area (Å²) in [4.78, 5) is 14.2. The normalized spacial score (nSPS) is 35.2. The van der Waals surface area contributed by atoms with Crippen LogP contribution in [0.15, 0.2) is 144 Å². The number of ether oxygens (including phenoxy) is 1. The molecule has 12 atom stereocenters. The average Bonchev–Trinajstić information content (AvgIpc) is 1.02. The quantitative estimate of drug-likeness (QED) is 0.0833. The van der Waals surface area contributed by atoms with Gasteiger partial charge in [0.2, 0.25) is 0 Å². The molecule has 6 heteroatoms. The minimum absolute atomic E-state index is 0.0866. The lowest BCUT2D eigenvalue weighted by molar-refractivity contribution is -0.164. The summed E-state index contributed by atoms with van der Waals surface area (Å²) in [5.41, 5.74) is 11.6. The van der Waals surface area contributed by atoms with Crippen LogP contribution in [-0.4, -0.2) is 52.3 Å². The fourth-order valence-electron chi connectivity index (χ4n) is 21.1. The lowest BCUT2D eigenvalue weighted by Crippen LogP contribution is -2.68. The predicted molar refractivity (Wildman–Crippen MR) is 330 cm³/mol. The van der Waals surface area contributed by atoms with Gasteiger partial charge in [-0.1, -0.05) is 173 Å². The van der Waals surface area contributed by atoms with Crippen molar-refractivity contribution in [1.29, 1.82) is 0 Å². The van der Waals surface area contributed by atoms with Gasteiger partial charge in [0.1, 0.15) is 5.75 Å². The number of benzene rings is 4. The first-order chi connectivity index (χ1) is 39.6. The van der Waals surface area contributed by atoms with Crippen LogP contribution in [0, 0.1) is 74.4 Å². The number of carboxylic acids is 1. The lowest BCUT2D eigenvalue weighted by Gasteiger charge is -2.73. The van der Waals surface area contributed by atoms with E-state index in [-0.39, 0.29) is 39.7 Å². The second kappa shape index (κ2) is 21.7. The summed E-state index contributed by atoms with van der Waals surface area (Å²) in [7, 11) is 1.77. The molecule has 0 heterocycles. The van der Waals surface area contributed by atoms with Crippen LogP contribution in [-0.2, 0) is 28.8 Å². The van der Waals surface area contributed by atoms with Crippen molar-refractivity contribution < 1.29 is 30.0 Å². The van der Waals surface area contributed by atoms with Crippen molar-refractivity contribution in [3.8, 4) is 16.9 Å². The number of aliphatic carboxylic acids is 1. The molecule has 4 aromatic carbocycles. The summed E-state index contributed by atoms with van der Waals surface area (Å²) in [5, 5.41) is 50.4. The zero-order chi connectivity index (χ0) is 56.8. The van der Waals surface area contributed by atoms with Crippen LogP contribution in [0.2, 0.25) is 0 Å². The Labute approximate surface area is 489 Å². The maximum absolute atomic E-state index is 14.2. The molecule has 6 nitrogen and oxygen atoms in total. The molecule has 82 heavy (non-hydrogen) atoms. The maximum atomic E-state index is 14.2. The van der Waals surface area contributed by atoms with Gasteiger partial charge in [-0.25, -0.2) is 0 Å². The van der Waals surface area contributed by atoms with E-state index in [4.69, 9.17) is 11.3 Å². The Balaban J connectivity index is 0.936. The average molecular weight is 1100 g/mol. The van der Waals surface area contributed by atoms with Crippen molar-refractivity contribution in [1.82, 2.24) is 0 Å². The molecule has 13 rings (SSSR count). The molecule has 0 aliphatic heterocycles. The van der Waals surface area contributed by atoms with Crippen molar-refractivity contribution in [2.24, 2.45) is 74.4 Å². The molecule has 9 aliphatic carbocycles. The maximum Gasteiger partial charge on any atom is 0.306 e. The smallest absolute Gasteiger partial charge is 0.306 e. The number of fused-ring (bicyclic) bond motifs is 4. The highest BCUT2D eigenvalue weighted by molar-refractivity contribution is 5.77. The van der Waals surface area contributed by atoms with Crippen molar-refractivity contribution in [3.63, 3.8) is 0 Å². The van der Waals surface area contributed by atoms with Gasteiger partial charge in [0.15, 0.2) is 0 Å². The van der Waals surface area contributed by atoms with Gasteiger partial charge in [-0.15, -0.1) is 0 Å². The third-order valence-corrected chi connectivity index (χ3v) is 24.9. The zero-order valence-corrected chi connectivity index (χ0v) is 49.7. The van der Waals surface area contributed by atoms with Gasteiger partial charge in [0.25, 0.3) is 0 Å². The van der Waals surface area contributed by atoms with Crippen LogP contribution in [0.1, 0.15) is 153 Å². The van der Waals surface area contributed by atoms with Gasteiger partial charge in [-0.3, -0.25) is 4.79 Å². The van der Waals surface area contributed by atoms with E-state index in [1.807, 2.05) is 12.1 Å². The molecule has 0 aromatic heterocycles. The lowest BCUT2D eigenvalue weighted by atomic mass is 9.30. The standard InChI is InChI=1S/C76H92O6/c1-48(49(2)54-14-7-6-8-15-54)19-32-61(70(80)81)69-67(78)47-76(58-28-24-52(25-29-58)41-51-22-20-50(21-23-51)35-40-82-5)66-46-74-37-12-36-72(3)68(79)34-39-75(71(72)74,64(66)33-38-73(69,76)4)65-44-57-16-9-10-18-60(57)62(63(65)45-74)43-53-13-11-17-56(42-53)55-26-30-59(77)31-27-55/h9-13,16-18,20-23,26-27,30-31,37,42,44-45,49,52,54,58,61,65,67-69,71,77-79H,1,6-8,14-15,19,24-25,28-29,32-36,38-41,43,46-47H2,2-5H3,(H,80,81)/t49-,52?,58?,61-,65+,67-,68+,69+,71-,72-,73-,74-,75-,76-/m1/s1. The van der Waals surface area contributed by atoms with Gasteiger partial charge in [-0.2, -0.15) is 0 Å². The number of hydrogen-bond donors (Lipinski definition) is 4. The first-order valence-electron chi connectivity index (χ1n) is 32.3. The van der Waals surface area contributed by atoms with Gasteiger partial charge in [-0.05, 0) is 212 Å². The first-order valence-corrected chi connectivity index (χ1v) is 32.3. The molecule has 0 amide bonds. The molecular formula is C76H92O6. The molecule has 0 radical (unpaired) electrons. The molecule has 0 spiro atoms. The number of carboxylic acid groups (broad SMARTS) is 1. The Hall–Kier alpha value is -5.27. The number of rotatable bonds is 16. The number of aliphatic hydroxyl groups excluding tert-OH is 2. The molecule has 9 aliphatic rings. The fourth-order valence-corrected chi connectivity index (χ4v) is 21.1. The van der Waals surface area contributed by atoms with E-state index in [0.29, 0.717) is 42.9 Å². The molecule has 4 fully saturated rings. The SMILES string of the molecule is C=C(CC[C@@H](C(=O)O)[C@H]1[C@H](O)C[C@@]2(C3CCC(Cc4ccc(CCOC)cc4)CC3)C3=C(CC[C@]12C)[C@]12CC[C@H](O)[C@@]4(C)CC=C[C@@](C=C5C(Cc6cccc(-c7ccc(O)cc7)c6)=c6ccccc6=C[C@@H]51)(C3)[C@@H]42)[C@@H](C)C1CCCCC1. The monoisotopic (exact) mass is 1100 g/mol. The van der Waals surface area contributed by atoms with Crippen LogP contribution < -0.4 is 10.4 Å². The third-order valence-electron chi connectivity index (χ3n) is 24.9. The second-order valence-corrected chi connectivity index (χ2v) is 28.6. The number of phenolic OH excluding ortho intramolecular Hbond substituents is 1. The fraction of sp³-hybridized carbons (Fsp3) is 0.539. The van der Waals surface area contributed by atoms with E-state index in [1.165, 1.54) is 76.0 Å². The van der Waals surface area contributed by atoms with Crippen molar-refractivity contribution in [3.05, 3.63) is 171 Å². The molecule has 4 N–H and O–H groups in total. The number of aliphatic hydroxyl groups is 2. The highest BCUT2D eigenvalue weighted by Gasteiger charge is 2.76. The van der Waals surface area contributed by atoms with Crippen molar-refractivity contribution in [2.45, 2.75) is 168 Å². The molecular weight excluding hydrogens is 1010 g/mol. The molecule has 2 bridgehead atoms. The summed E-state index contributed by atoms with van der Waals surface area (Å²) in [6.07, 6.45) is 29.8. The number of carbonyl (C=O) groups is 1. The van der Waals surface area contributed by atoms with Crippen LogP contribution in [0.4, 0.5) is 0 Å². The van der Waals surface area contributed by atoms with Crippen molar-refractivity contribution in [2.75, 3.05) is 13.7 Å². The molecule has 4 saturated carbocycles. The highest BCUT2D eigenvalue weighted by Crippen LogP contribution is 2.82. The minimum Gasteiger partial charge on any atom is -0.508 e. The Morgan fingerprint density at radius 2 is 1.57 bits per heavy atom. The summed E-state index contributed by atoms with van der Waals surface area (Å²) in [5.74, 6) is 0.607. The van der Waals surface area contributed by atoms with E-state index in [9.17, 15) is 25.2 Å². The molecule has 432 valence electrons. The van der Waals surface area contributed by atoms with E-state index < -0.39 is 34.9 Å². The van der Waals surface area contributed by atoms with E-state index in [1.54, 1.807) is 30.4 Å². The third kappa shape index (κ3) is 8.98. The molecule has 4 aromatic rings. The van der Waals surface area contributed by atoms with Crippen LogP contribution >= 0.6 is 0 Å². The Kier molecular flexibility index (Phi) is 14.8. The highest BCUT2D eigenvalue weighted by atomic mass is 16.5. The van der Waals surface area contributed by atoms with Crippen LogP contribution in [0.3, 0.4) is 0 Å². The number of allylic oxidation sites excluding steroid dienone is 7. The topological polar surface area (TPSA) is 107 Å². The van der Waals surface area contributed by atoms with E-state index in [0.717, 1.165) is 101 Å². The summed E-state index contributed by atoms with van der Waals surface area (Å²) >= 11 is 0. The van der Waals surface area contributed by atoms with Gasteiger partial charge < -0.3 is 25.2 Å². The number of methoxy groups -OCH3 is 1. The largest absolute Gasteiger partial charge is 0.508 e. The second-order valence-electron chi connectivity index (χ2n) is 28.6. The number of aromatic hydroxyl groups is 1. The van der Waals surface area contributed by atoms with E-state index >= 15 is 0 Å². The van der Waals surface area contributed by atoms with Crippen LogP contribution in [0.25, 0.3) is 22.8 Å². The summed E-state index contributed by atoms with van der Waals surface area (Å²) < 4.78 is 5.39. The number of hydrogen-bond acceptors (Lipinski definition) is 5. The van der Waals surface area contributed by atoms with Gasteiger partial charge in [0, 0.05) is 40.6 Å².